The van der Waals surface area contributed by atoms with Crippen LogP contribution in [0.15, 0.2) is 42.6 Å². The Bertz CT molecular complexity index is 595. The molecule has 2 rings (SSSR count). The number of hydrogen-bond donors (Lipinski definition) is 2. The second kappa shape index (κ2) is 7.36. The minimum atomic E-state index is -0.386. The van der Waals surface area contributed by atoms with Crippen molar-refractivity contribution in [3.05, 3.63) is 58.2 Å². The highest BCUT2D eigenvalue weighted by atomic mass is 35.5. The van der Waals surface area contributed by atoms with Crippen molar-refractivity contribution in [3.63, 3.8) is 0 Å². The molecule has 0 radical (unpaired) electrons. The molecular weight excluding hydrogens is 337 g/mol. The van der Waals surface area contributed by atoms with E-state index in [4.69, 9.17) is 41.2 Å². The zero-order valence-corrected chi connectivity index (χ0v) is 14.7. The average molecular weight is 356 g/mol. The summed E-state index contributed by atoms with van der Waals surface area (Å²) in [6, 6.07) is 5.61. The zero-order chi connectivity index (χ0) is 16.2. The number of nitrogens with one attached hydrogen (secondary N) is 1. The van der Waals surface area contributed by atoms with Crippen LogP contribution in [0.25, 0.3) is 0 Å². The van der Waals surface area contributed by atoms with Crippen LogP contribution < -0.4 is 11.1 Å². The van der Waals surface area contributed by atoms with Crippen LogP contribution in [-0.4, -0.2) is 22.2 Å². The van der Waals surface area contributed by atoms with Crippen LogP contribution in [0.4, 0.5) is 0 Å². The van der Waals surface area contributed by atoms with Gasteiger partial charge in [-0.2, -0.15) is 0 Å². The number of halogens is 2. The molecule has 1 heterocycles. The molecule has 0 aliphatic carbocycles. The summed E-state index contributed by atoms with van der Waals surface area (Å²) in [5.74, 6) is 0. The van der Waals surface area contributed by atoms with E-state index in [0.29, 0.717) is 10.0 Å². The van der Waals surface area contributed by atoms with Gasteiger partial charge in [-0.1, -0.05) is 36.2 Å². The third kappa shape index (κ3) is 4.15. The molecule has 0 saturated carbocycles. The number of nitrogens with zero attached hydrogens (tertiary/aromatic N) is 1. The number of allylic oxidation sites excluding steroid dienone is 2. The minimum Gasteiger partial charge on any atom is -0.376 e. The van der Waals surface area contributed by atoms with Crippen molar-refractivity contribution in [1.82, 2.24) is 10.2 Å². The van der Waals surface area contributed by atoms with Crippen LogP contribution >= 0.6 is 35.4 Å². The monoisotopic (exact) mass is 355 g/mol. The molecule has 1 aromatic rings. The normalized spacial score (nSPS) is 20.2. The summed E-state index contributed by atoms with van der Waals surface area (Å²) in [5.41, 5.74) is 6.41. The lowest BCUT2D eigenvalue weighted by molar-refractivity contribution is 0.171. The van der Waals surface area contributed by atoms with E-state index in [9.17, 15) is 0 Å². The molecule has 0 bridgehead atoms. The van der Waals surface area contributed by atoms with Gasteiger partial charge in [0, 0.05) is 22.8 Å². The van der Waals surface area contributed by atoms with Crippen molar-refractivity contribution >= 4 is 40.5 Å². The average Bonchev–Trinajstić information content (AvgIpc) is 2.44. The van der Waals surface area contributed by atoms with Gasteiger partial charge in [-0.25, -0.2) is 0 Å². The predicted octanol–water partition coefficient (Wildman–Crippen LogP) is 3.86. The molecule has 3 N–H and O–H groups in total. The Morgan fingerprint density at radius 1 is 1.27 bits per heavy atom. The molecule has 1 aromatic carbocycles. The first-order valence-corrected chi connectivity index (χ1v) is 8.27. The van der Waals surface area contributed by atoms with Crippen LogP contribution in [0.5, 0.6) is 0 Å². The molecule has 118 valence electrons. The van der Waals surface area contributed by atoms with Gasteiger partial charge in [-0.3, -0.25) is 0 Å². The lowest BCUT2D eigenvalue weighted by Crippen LogP contribution is -2.59. The fraction of sp³-hybridized carbons (Fsp3) is 0.312. The lowest BCUT2D eigenvalue weighted by atomic mass is 10.0. The molecule has 0 spiro atoms. The van der Waals surface area contributed by atoms with Crippen molar-refractivity contribution in [2.75, 3.05) is 6.54 Å². The number of thiocarbonyl (C=S) groups is 1. The Kier molecular flexibility index (Phi) is 5.73. The van der Waals surface area contributed by atoms with E-state index in [1.165, 1.54) is 0 Å². The summed E-state index contributed by atoms with van der Waals surface area (Å²) in [5, 5.41) is 4.79. The van der Waals surface area contributed by atoms with Gasteiger partial charge in [0.1, 0.15) is 5.66 Å². The van der Waals surface area contributed by atoms with Crippen molar-refractivity contribution in [3.8, 4) is 0 Å². The smallest absolute Gasteiger partial charge is 0.165 e. The fourth-order valence-electron chi connectivity index (χ4n) is 2.61. The molecule has 0 amide bonds. The Balaban J connectivity index is 2.13. The maximum Gasteiger partial charge on any atom is 0.165 e. The van der Waals surface area contributed by atoms with Gasteiger partial charge in [-0.15, -0.1) is 0 Å². The second-order valence-corrected chi connectivity index (χ2v) is 6.50. The highest BCUT2D eigenvalue weighted by Crippen LogP contribution is 2.24. The van der Waals surface area contributed by atoms with E-state index >= 15 is 0 Å². The van der Waals surface area contributed by atoms with Gasteiger partial charge in [0.2, 0.25) is 0 Å². The summed E-state index contributed by atoms with van der Waals surface area (Å²) < 4.78 is 0. The minimum absolute atomic E-state index is 0.289. The number of hydrogen-bond acceptors (Lipinski definition) is 2. The number of nitrogens with two attached hydrogens (primary N) is 1. The summed E-state index contributed by atoms with van der Waals surface area (Å²) >= 11 is 17.1. The van der Waals surface area contributed by atoms with Crippen molar-refractivity contribution in [2.45, 2.75) is 25.4 Å². The Morgan fingerprint density at radius 2 is 1.95 bits per heavy atom. The SMILES string of the molecule is CCC1(NC(N)=S)C=CC=CN1CCc1cc(Cl)cc(Cl)c1. The molecule has 0 aromatic heterocycles. The molecule has 22 heavy (non-hydrogen) atoms. The van der Waals surface area contributed by atoms with E-state index < -0.39 is 0 Å². The highest BCUT2D eigenvalue weighted by molar-refractivity contribution is 7.80. The van der Waals surface area contributed by atoms with Gasteiger partial charge in [0.05, 0.1) is 0 Å². The number of benzene rings is 1. The standard InChI is InChI=1S/C16H19Cl2N3S/c1-2-16(20-15(19)22)6-3-4-7-21(16)8-5-12-9-13(17)11-14(18)10-12/h3-4,6-7,9-11H,2,5,8H2,1H3,(H3,19,20,22). The predicted molar refractivity (Wildman–Crippen MR) is 98.1 cm³/mol. The van der Waals surface area contributed by atoms with Gasteiger partial charge < -0.3 is 16.0 Å². The van der Waals surface area contributed by atoms with Crippen molar-refractivity contribution < 1.29 is 0 Å². The van der Waals surface area contributed by atoms with Crippen LogP contribution in [0, 0.1) is 0 Å². The molecule has 0 fully saturated rings. The molecule has 6 heteroatoms. The summed E-state index contributed by atoms with van der Waals surface area (Å²) in [7, 11) is 0. The van der Waals surface area contributed by atoms with Crippen molar-refractivity contribution in [1.29, 1.82) is 0 Å². The zero-order valence-electron chi connectivity index (χ0n) is 12.4. The first kappa shape index (κ1) is 17.1. The third-order valence-electron chi connectivity index (χ3n) is 3.70. The lowest BCUT2D eigenvalue weighted by Gasteiger charge is -2.43. The molecule has 1 unspecified atom stereocenters. The maximum atomic E-state index is 6.05. The first-order chi connectivity index (χ1) is 10.4. The molecule has 0 saturated heterocycles. The van der Waals surface area contributed by atoms with Crippen LogP contribution in [0.3, 0.4) is 0 Å². The topological polar surface area (TPSA) is 41.3 Å². The van der Waals surface area contributed by atoms with Crippen molar-refractivity contribution in [2.24, 2.45) is 5.73 Å². The summed E-state index contributed by atoms with van der Waals surface area (Å²) in [4.78, 5) is 2.20. The summed E-state index contributed by atoms with van der Waals surface area (Å²) in [6.07, 6.45) is 9.78. The van der Waals surface area contributed by atoms with Crippen LogP contribution in [-0.2, 0) is 6.42 Å². The molecule has 1 aliphatic rings. The van der Waals surface area contributed by atoms with Gasteiger partial charge in [-0.05, 0) is 61.0 Å². The van der Waals surface area contributed by atoms with Gasteiger partial charge in [0.25, 0.3) is 0 Å². The largest absolute Gasteiger partial charge is 0.376 e. The molecule has 1 aliphatic heterocycles. The quantitative estimate of drug-likeness (QED) is 0.786. The van der Waals surface area contributed by atoms with Gasteiger partial charge >= 0.3 is 0 Å². The first-order valence-electron chi connectivity index (χ1n) is 7.10. The van der Waals surface area contributed by atoms with E-state index in [-0.39, 0.29) is 10.8 Å². The van der Waals surface area contributed by atoms with E-state index in [1.54, 1.807) is 6.07 Å². The Labute approximate surface area is 146 Å². The van der Waals surface area contributed by atoms with E-state index in [2.05, 4.69) is 23.2 Å². The van der Waals surface area contributed by atoms with E-state index in [1.807, 2.05) is 30.5 Å². The second-order valence-electron chi connectivity index (χ2n) is 5.19. The molecule has 3 nitrogen and oxygen atoms in total. The summed E-state index contributed by atoms with van der Waals surface area (Å²) in [6.45, 7) is 2.89. The molecular formula is C16H19Cl2N3S. The Hall–Kier alpha value is -1.23. The van der Waals surface area contributed by atoms with E-state index in [0.717, 1.165) is 24.9 Å². The Morgan fingerprint density at radius 3 is 2.55 bits per heavy atom. The van der Waals surface area contributed by atoms with Gasteiger partial charge in [0.15, 0.2) is 5.11 Å². The maximum absolute atomic E-state index is 6.05. The number of rotatable bonds is 5. The highest BCUT2D eigenvalue weighted by Gasteiger charge is 2.31. The van der Waals surface area contributed by atoms with Crippen LogP contribution in [0.1, 0.15) is 18.9 Å². The fourth-order valence-corrected chi connectivity index (χ4v) is 3.36. The third-order valence-corrected chi connectivity index (χ3v) is 4.24. The van der Waals surface area contributed by atoms with Crippen LogP contribution in [0.2, 0.25) is 10.0 Å². The molecule has 1 atom stereocenters.